The van der Waals surface area contributed by atoms with Gasteiger partial charge in [-0.3, -0.25) is 9.59 Å². The summed E-state index contributed by atoms with van der Waals surface area (Å²) < 4.78 is 0. The van der Waals surface area contributed by atoms with E-state index in [1.807, 2.05) is 0 Å². The van der Waals surface area contributed by atoms with Gasteiger partial charge in [0.25, 0.3) is 0 Å². The van der Waals surface area contributed by atoms with E-state index in [0.717, 1.165) is 25.8 Å². The predicted molar refractivity (Wildman–Crippen MR) is 64.7 cm³/mol. The average molecular weight is 242 g/mol. The number of hydrogen-bond donors (Lipinski definition) is 3. The molecule has 2 atom stereocenters. The molecule has 0 bridgehead atoms. The summed E-state index contributed by atoms with van der Waals surface area (Å²) in [5.41, 5.74) is 0. The van der Waals surface area contributed by atoms with Crippen molar-refractivity contribution < 1.29 is 14.7 Å². The van der Waals surface area contributed by atoms with Crippen LogP contribution in [0.15, 0.2) is 0 Å². The van der Waals surface area contributed by atoms with Gasteiger partial charge in [-0.1, -0.05) is 13.3 Å². The number of unbranched alkanes of at least 4 members (excludes halogenated alkanes) is 2. The number of carboxylic acid groups (broad SMARTS) is 1. The van der Waals surface area contributed by atoms with Crippen LogP contribution in [0.2, 0.25) is 0 Å². The van der Waals surface area contributed by atoms with Gasteiger partial charge in [-0.25, -0.2) is 0 Å². The molecular weight excluding hydrogens is 220 g/mol. The molecule has 1 heterocycles. The van der Waals surface area contributed by atoms with Crippen LogP contribution in [0.3, 0.4) is 0 Å². The van der Waals surface area contributed by atoms with Crippen LogP contribution < -0.4 is 10.6 Å². The molecule has 1 amide bonds. The van der Waals surface area contributed by atoms with Crippen LogP contribution in [0.1, 0.15) is 39.0 Å². The van der Waals surface area contributed by atoms with Crippen LogP contribution >= 0.6 is 0 Å². The van der Waals surface area contributed by atoms with Crippen LogP contribution in [0, 0.1) is 5.92 Å². The summed E-state index contributed by atoms with van der Waals surface area (Å²) in [5, 5.41) is 14.5. The maximum atomic E-state index is 11.7. The summed E-state index contributed by atoms with van der Waals surface area (Å²) in [6.45, 7) is 3.64. The number of nitrogens with one attached hydrogen (secondary N) is 2. The average Bonchev–Trinajstić information content (AvgIpc) is 2.69. The van der Waals surface area contributed by atoms with E-state index in [4.69, 9.17) is 5.11 Å². The third-order valence-electron chi connectivity index (χ3n) is 3.18. The van der Waals surface area contributed by atoms with Crippen molar-refractivity contribution in [2.45, 2.75) is 45.1 Å². The normalized spacial score (nSPS) is 23.6. The zero-order chi connectivity index (χ0) is 12.7. The van der Waals surface area contributed by atoms with Crippen molar-refractivity contribution in [1.29, 1.82) is 0 Å². The molecule has 0 radical (unpaired) electrons. The minimum atomic E-state index is -0.752. The molecule has 0 aliphatic carbocycles. The van der Waals surface area contributed by atoms with E-state index < -0.39 is 5.97 Å². The molecule has 5 nitrogen and oxygen atoms in total. The highest BCUT2D eigenvalue weighted by atomic mass is 16.4. The highest BCUT2D eigenvalue weighted by molar-refractivity contribution is 5.82. The van der Waals surface area contributed by atoms with E-state index in [0.29, 0.717) is 18.9 Å². The number of aliphatic carboxylic acids is 1. The van der Waals surface area contributed by atoms with Crippen molar-refractivity contribution in [2.24, 2.45) is 5.92 Å². The smallest absolute Gasteiger partial charge is 0.303 e. The highest BCUT2D eigenvalue weighted by Crippen LogP contribution is 2.14. The summed E-state index contributed by atoms with van der Waals surface area (Å²) >= 11 is 0. The van der Waals surface area contributed by atoms with Gasteiger partial charge in [0.15, 0.2) is 0 Å². The molecule has 0 aromatic heterocycles. The third kappa shape index (κ3) is 5.17. The van der Waals surface area contributed by atoms with Crippen molar-refractivity contribution in [3.05, 3.63) is 0 Å². The molecule has 0 aromatic carbocycles. The first-order chi connectivity index (χ1) is 8.11. The van der Waals surface area contributed by atoms with Gasteiger partial charge in [-0.2, -0.15) is 0 Å². The molecule has 5 heteroatoms. The standard InChI is InChI=1S/C12H22N2O3/c1-9-6-8-13-11(9)12(17)14-7-4-2-3-5-10(15)16/h9,11,13H,2-8H2,1H3,(H,14,17)(H,15,16). The van der Waals surface area contributed by atoms with Gasteiger partial charge >= 0.3 is 5.97 Å². The van der Waals surface area contributed by atoms with Gasteiger partial charge in [0.2, 0.25) is 5.91 Å². The Bertz CT molecular complexity index is 268. The molecular formula is C12H22N2O3. The second kappa shape index (κ2) is 7.27. The fourth-order valence-corrected chi connectivity index (χ4v) is 2.09. The highest BCUT2D eigenvalue weighted by Gasteiger charge is 2.28. The fourth-order valence-electron chi connectivity index (χ4n) is 2.09. The molecule has 1 aliphatic heterocycles. The Hall–Kier alpha value is -1.10. The van der Waals surface area contributed by atoms with Gasteiger partial charge in [-0.15, -0.1) is 0 Å². The molecule has 1 aliphatic rings. The monoisotopic (exact) mass is 242 g/mol. The minimum absolute atomic E-state index is 0.0472. The van der Waals surface area contributed by atoms with Crippen molar-refractivity contribution in [3.63, 3.8) is 0 Å². The number of carboxylic acids is 1. The van der Waals surface area contributed by atoms with E-state index in [-0.39, 0.29) is 18.4 Å². The van der Waals surface area contributed by atoms with E-state index in [2.05, 4.69) is 17.6 Å². The first-order valence-corrected chi connectivity index (χ1v) is 6.34. The summed E-state index contributed by atoms with van der Waals surface area (Å²) in [7, 11) is 0. The lowest BCUT2D eigenvalue weighted by Gasteiger charge is -2.15. The molecule has 17 heavy (non-hydrogen) atoms. The van der Waals surface area contributed by atoms with Crippen molar-refractivity contribution in [3.8, 4) is 0 Å². The van der Waals surface area contributed by atoms with Gasteiger partial charge in [0, 0.05) is 13.0 Å². The number of amides is 1. The van der Waals surface area contributed by atoms with E-state index in [9.17, 15) is 9.59 Å². The molecule has 0 saturated carbocycles. The van der Waals surface area contributed by atoms with Crippen LogP contribution in [0.5, 0.6) is 0 Å². The Morgan fingerprint density at radius 1 is 1.35 bits per heavy atom. The van der Waals surface area contributed by atoms with Crippen molar-refractivity contribution in [1.82, 2.24) is 10.6 Å². The molecule has 1 rings (SSSR count). The zero-order valence-electron chi connectivity index (χ0n) is 10.4. The second-order valence-corrected chi connectivity index (χ2v) is 4.69. The maximum absolute atomic E-state index is 11.7. The number of carbonyl (C=O) groups excluding carboxylic acids is 1. The lowest BCUT2D eigenvalue weighted by Crippen LogP contribution is -2.43. The molecule has 0 aromatic rings. The number of rotatable bonds is 7. The van der Waals surface area contributed by atoms with E-state index in [1.165, 1.54) is 0 Å². The predicted octanol–water partition coefficient (Wildman–Crippen LogP) is 0.746. The molecule has 3 N–H and O–H groups in total. The SMILES string of the molecule is CC1CCNC1C(=O)NCCCCCC(=O)O. The van der Waals surface area contributed by atoms with Crippen LogP contribution in [0.25, 0.3) is 0 Å². The molecule has 2 unspecified atom stereocenters. The van der Waals surface area contributed by atoms with Crippen LogP contribution in [-0.4, -0.2) is 36.1 Å². The van der Waals surface area contributed by atoms with Gasteiger partial charge in [0.05, 0.1) is 6.04 Å². The molecule has 1 fully saturated rings. The van der Waals surface area contributed by atoms with Crippen molar-refractivity contribution >= 4 is 11.9 Å². The Balaban J connectivity index is 2.02. The second-order valence-electron chi connectivity index (χ2n) is 4.69. The topological polar surface area (TPSA) is 78.4 Å². The van der Waals surface area contributed by atoms with Crippen molar-refractivity contribution in [2.75, 3.05) is 13.1 Å². The summed E-state index contributed by atoms with van der Waals surface area (Å²) in [4.78, 5) is 22.0. The van der Waals surface area contributed by atoms with Crippen LogP contribution in [0.4, 0.5) is 0 Å². The number of carbonyl (C=O) groups is 2. The summed E-state index contributed by atoms with van der Waals surface area (Å²) in [6.07, 6.45) is 3.65. The Morgan fingerprint density at radius 2 is 2.12 bits per heavy atom. The Morgan fingerprint density at radius 3 is 2.71 bits per heavy atom. The van der Waals surface area contributed by atoms with Gasteiger partial charge in [-0.05, 0) is 31.7 Å². The Kier molecular flexibility index (Phi) is 5.97. The lowest BCUT2D eigenvalue weighted by atomic mass is 10.0. The number of hydrogen-bond acceptors (Lipinski definition) is 3. The minimum Gasteiger partial charge on any atom is -0.481 e. The van der Waals surface area contributed by atoms with Gasteiger partial charge < -0.3 is 15.7 Å². The molecule has 1 saturated heterocycles. The fraction of sp³-hybridized carbons (Fsp3) is 0.833. The van der Waals surface area contributed by atoms with E-state index >= 15 is 0 Å². The molecule has 0 spiro atoms. The summed E-state index contributed by atoms with van der Waals surface area (Å²) in [6, 6.07) is -0.0472. The molecule has 98 valence electrons. The third-order valence-corrected chi connectivity index (χ3v) is 3.18. The first kappa shape index (κ1) is 14.0. The summed E-state index contributed by atoms with van der Waals surface area (Å²) in [5.74, 6) is -0.270. The Labute approximate surface area is 102 Å². The zero-order valence-corrected chi connectivity index (χ0v) is 10.4. The first-order valence-electron chi connectivity index (χ1n) is 6.34. The van der Waals surface area contributed by atoms with Gasteiger partial charge in [0.1, 0.15) is 0 Å². The van der Waals surface area contributed by atoms with E-state index in [1.54, 1.807) is 0 Å². The lowest BCUT2D eigenvalue weighted by molar-refractivity contribution is -0.137. The quantitative estimate of drug-likeness (QED) is 0.576. The van der Waals surface area contributed by atoms with Crippen LogP contribution in [-0.2, 0) is 9.59 Å². The maximum Gasteiger partial charge on any atom is 0.303 e. The largest absolute Gasteiger partial charge is 0.481 e.